The molecule has 4 aromatic rings. The predicted molar refractivity (Wildman–Crippen MR) is 117 cm³/mol. The van der Waals surface area contributed by atoms with Crippen LogP contribution in [-0.2, 0) is 11.1 Å². The van der Waals surface area contributed by atoms with Crippen molar-refractivity contribution in [2.75, 3.05) is 0 Å². The molecule has 1 aliphatic rings. The average molecular weight is 399 g/mol. The Morgan fingerprint density at radius 1 is 0.967 bits per heavy atom. The monoisotopic (exact) mass is 399 g/mol. The van der Waals surface area contributed by atoms with E-state index in [1.54, 1.807) is 18.4 Å². The molecule has 0 unspecified atom stereocenters. The lowest BCUT2D eigenvalue weighted by atomic mass is 9.72. The third-order valence-corrected chi connectivity index (χ3v) is 5.94. The van der Waals surface area contributed by atoms with Crippen molar-refractivity contribution in [3.8, 4) is 22.4 Å². The first-order valence-corrected chi connectivity index (χ1v) is 10.3. The first-order chi connectivity index (χ1) is 14.3. The molecule has 2 aromatic heterocycles. The molecule has 0 atom stereocenters. The molecule has 5 rings (SSSR count). The van der Waals surface area contributed by atoms with Gasteiger partial charge in [0, 0.05) is 22.9 Å². The van der Waals surface area contributed by atoms with Gasteiger partial charge in [0.15, 0.2) is 5.82 Å². The van der Waals surface area contributed by atoms with Gasteiger partial charge in [-0.15, -0.1) is 5.10 Å². The predicted octanol–water partition coefficient (Wildman–Crippen LogP) is 4.02. The minimum atomic E-state index is -1.14. The molecule has 30 heavy (non-hydrogen) atoms. The highest BCUT2D eigenvalue weighted by Crippen LogP contribution is 2.39. The van der Waals surface area contributed by atoms with E-state index in [2.05, 4.69) is 46.5 Å². The summed E-state index contributed by atoms with van der Waals surface area (Å²) in [6.07, 6.45) is 5.18. The molecular weight excluding hydrogens is 374 g/mol. The third kappa shape index (κ3) is 3.18. The molecule has 6 heteroatoms. The van der Waals surface area contributed by atoms with Gasteiger partial charge < -0.3 is 10.8 Å². The molecule has 2 heterocycles. The van der Waals surface area contributed by atoms with Gasteiger partial charge in [-0.1, -0.05) is 54.6 Å². The number of nitrogens with two attached hydrogens (primary N) is 1. The van der Waals surface area contributed by atoms with Crippen molar-refractivity contribution in [2.24, 2.45) is 5.73 Å². The van der Waals surface area contributed by atoms with Crippen molar-refractivity contribution in [3.05, 3.63) is 72.2 Å². The zero-order valence-electron chi connectivity index (χ0n) is 17.2. The number of fused-ring (bicyclic) bond motifs is 1. The Bertz CT molecular complexity index is 1200. The van der Waals surface area contributed by atoms with E-state index in [9.17, 15) is 5.11 Å². The molecule has 0 spiro atoms. The molecule has 0 aliphatic heterocycles. The van der Waals surface area contributed by atoms with Crippen LogP contribution in [0.2, 0.25) is 0 Å². The zero-order chi connectivity index (χ0) is 20.9. The lowest BCUT2D eigenvalue weighted by Gasteiger charge is -2.38. The third-order valence-electron chi connectivity index (χ3n) is 5.94. The molecular formula is C24H25N5O. The van der Waals surface area contributed by atoms with Gasteiger partial charge in [-0.2, -0.15) is 4.98 Å². The van der Waals surface area contributed by atoms with Gasteiger partial charge in [-0.05, 0) is 44.2 Å². The van der Waals surface area contributed by atoms with Gasteiger partial charge in [-0.25, -0.2) is 9.50 Å². The lowest BCUT2D eigenvalue weighted by molar-refractivity contribution is 0.0690. The van der Waals surface area contributed by atoms with E-state index in [0.29, 0.717) is 11.6 Å². The van der Waals surface area contributed by atoms with Crippen molar-refractivity contribution in [3.63, 3.8) is 0 Å². The summed E-state index contributed by atoms with van der Waals surface area (Å²) in [4.78, 5) is 9.28. The Balaban J connectivity index is 1.67. The molecule has 6 nitrogen and oxygen atoms in total. The van der Waals surface area contributed by atoms with Crippen LogP contribution in [0.5, 0.6) is 0 Å². The highest BCUT2D eigenvalue weighted by molar-refractivity contribution is 5.81. The summed E-state index contributed by atoms with van der Waals surface area (Å²) < 4.78 is 1.64. The van der Waals surface area contributed by atoms with E-state index < -0.39 is 5.60 Å². The fraction of sp³-hybridized carbons (Fsp3) is 0.292. The van der Waals surface area contributed by atoms with Crippen LogP contribution in [0.4, 0.5) is 0 Å². The molecule has 0 amide bonds. The van der Waals surface area contributed by atoms with Crippen LogP contribution >= 0.6 is 0 Å². The van der Waals surface area contributed by atoms with Crippen LogP contribution in [0.1, 0.15) is 44.5 Å². The second kappa shape index (κ2) is 6.72. The highest BCUT2D eigenvalue weighted by Gasteiger charge is 2.34. The van der Waals surface area contributed by atoms with E-state index in [4.69, 9.17) is 10.7 Å². The maximum absolute atomic E-state index is 10.3. The molecule has 0 saturated heterocycles. The molecule has 0 radical (unpaired) electrons. The van der Waals surface area contributed by atoms with Crippen molar-refractivity contribution >= 4 is 5.78 Å². The van der Waals surface area contributed by atoms with Crippen LogP contribution in [0, 0.1) is 0 Å². The maximum Gasteiger partial charge on any atom is 0.253 e. The Morgan fingerprint density at radius 3 is 2.27 bits per heavy atom. The molecule has 3 N–H and O–H groups in total. The molecule has 0 bridgehead atoms. The van der Waals surface area contributed by atoms with Crippen molar-refractivity contribution in [1.29, 1.82) is 0 Å². The molecule has 1 aliphatic carbocycles. The summed E-state index contributed by atoms with van der Waals surface area (Å²) >= 11 is 0. The summed E-state index contributed by atoms with van der Waals surface area (Å²) in [5.41, 5.74) is 10.2. The molecule has 152 valence electrons. The van der Waals surface area contributed by atoms with Gasteiger partial charge in [0.05, 0.1) is 5.69 Å². The largest absolute Gasteiger partial charge is 0.382 e. The van der Waals surface area contributed by atoms with Crippen molar-refractivity contribution in [2.45, 2.75) is 44.2 Å². The molecule has 2 aromatic carbocycles. The van der Waals surface area contributed by atoms with Gasteiger partial charge in [0.2, 0.25) is 0 Å². The number of nitrogens with zero attached hydrogens (tertiary/aromatic N) is 4. The second-order valence-electron chi connectivity index (χ2n) is 8.70. The Morgan fingerprint density at radius 2 is 1.67 bits per heavy atom. The highest BCUT2D eigenvalue weighted by atomic mass is 16.3. The van der Waals surface area contributed by atoms with Gasteiger partial charge in [0.1, 0.15) is 5.60 Å². The Hall–Kier alpha value is -3.09. The number of rotatable bonds is 4. The summed E-state index contributed by atoms with van der Waals surface area (Å²) in [5.74, 6) is 0.803. The first-order valence-electron chi connectivity index (χ1n) is 10.3. The van der Waals surface area contributed by atoms with E-state index in [1.807, 2.05) is 24.4 Å². The van der Waals surface area contributed by atoms with Crippen LogP contribution in [0.3, 0.4) is 0 Å². The van der Waals surface area contributed by atoms with E-state index in [-0.39, 0.29) is 5.54 Å². The molecule has 1 saturated carbocycles. The fourth-order valence-corrected chi connectivity index (χ4v) is 3.94. The van der Waals surface area contributed by atoms with E-state index in [1.165, 1.54) is 12.0 Å². The summed E-state index contributed by atoms with van der Waals surface area (Å²) in [7, 11) is 0. The smallest absolute Gasteiger partial charge is 0.253 e. The number of hydrogen-bond acceptors (Lipinski definition) is 5. The van der Waals surface area contributed by atoms with Gasteiger partial charge >= 0.3 is 0 Å². The van der Waals surface area contributed by atoms with Crippen LogP contribution < -0.4 is 5.73 Å². The Labute approximate surface area is 175 Å². The van der Waals surface area contributed by atoms with Gasteiger partial charge in [0.25, 0.3) is 5.78 Å². The van der Waals surface area contributed by atoms with Crippen molar-refractivity contribution < 1.29 is 5.11 Å². The quantitative estimate of drug-likeness (QED) is 0.541. The number of aliphatic hydroxyl groups is 1. The minimum absolute atomic E-state index is 0.188. The zero-order valence-corrected chi connectivity index (χ0v) is 17.2. The second-order valence-corrected chi connectivity index (χ2v) is 8.70. The van der Waals surface area contributed by atoms with Crippen LogP contribution in [0.25, 0.3) is 28.2 Å². The Kier molecular flexibility index (Phi) is 4.24. The van der Waals surface area contributed by atoms with E-state index in [0.717, 1.165) is 35.2 Å². The standard InChI is InChI=1S/C24H25N5O/c1-23(2,30)21-27-22-26-20(17-9-11-18(12-10-17)24(25)13-6-14-24)19(15-29(22)28-21)16-7-4-3-5-8-16/h3-5,7-12,15,30H,6,13-14,25H2,1-2H3. The number of benzene rings is 2. The summed E-state index contributed by atoms with van der Waals surface area (Å²) in [6, 6.07) is 18.5. The summed E-state index contributed by atoms with van der Waals surface area (Å²) in [5, 5.41) is 14.8. The molecule has 1 fully saturated rings. The van der Waals surface area contributed by atoms with Gasteiger partial charge in [-0.3, -0.25) is 0 Å². The topological polar surface area (TPSA) is 89.3 Å². The van der Waals surface area contributed by atoms with E-state index >= 15 is 0 Å². The first kappa shape index (κ1) is 18.9. The number of hydrogen-bond donors (Lipinski definition) is 2. The van der Waals surface area contributed by atoms with Crippen LogP contribution in [-0.4, -0.2) is 24.7 Å². The number of aromatic nitrogens is 4. The summed E-state index contributed by atoms with van der Waals surface area (Å²) in [6.45, 7) is 3.34. The normalized spacial score (nSPS) is 15.9. The maximum atomic E-state index is 10.3. The van der Waals surface area contributed by atoms with Crippen molar-refractivity contribution in [1.82, 2.24) is 19.6 Å². The minimum Gasteiger partial charge on any atom is -0.382 e. The SMILES string of the molecule is CC(C)(O)c1nc2nc(-c3ccc(C4(N)CCC4)cc3)c(-c3ccccc3)cn2n1. The van der Waals surface area contributed by atoms with Crippen LogP contribution in [0.15, 0.2) is 60.8 Å². The fourth-order valence-electron chi connectivity index (χ4n) is 3.94. The lowest BCUT2D eigenvalue weighted by Crippen LogP contribution is -2.43. The average Bonchev–Trinajstić information content (AvgIpc) is 3.16.